The van der Waals surface area contributed by atoms with Crippen LogP contribution in [0.2, 0.25) is 0 Å². The average Bonchev–Trinajstić information content (AvgIpc) is 2.62. The predicted molar refractivity (Wildman–Crippen MR) is 105 cm³/mol. The van der Waals surface area contributed by atoms with Crippen molar-refractivity contribution in [1.82, 2.24) is 4.31 Å². The van der Waals surface area contributed by atoms with Crippen LogP contribution in [0.25, 0.3) is 0 Å². The molecule has 0 aliphatic rings. The smallest absolute Gasteiger partial charge is 0.338 e. The third kappa shape index (κ3) is 4.94. The van der Waals surface area contributed by atoms with Gasteiger partial charge in [-0.1, -0.05) is 6.07 Å². The standard InChI is InChI=1S/C18H19BrN2O5S/c1-4-26-18(23)13-6-5-7-14(10-13)20-17(22)12-8-9-15(19)16(11-12)27(24,25)21(2)3/h5-11H,4H2,1-3H3,(H,20,22). The van der Waals surface area contributed by atoms with Gasteiger partial charge in [-0.05, 0) is 59.3 Å². The number of nitrogens with one attached hydrogen (secondary N) is 1. The molecule has 144 valence electrons. The third-order valence-electron chi connectivity index (χ3n) is 3.58. The van der Waals surface area contributed by atoms with Crippen LogP contribution in [0.15, 0.2) is 51.8 Å². The molecule has 27 heavy (non-hydrogen) atoms. The van der Waals surface area contributed by atoms with Crippen LogP contribution in [0.4, 0.5) is 5.69 Å². The summed E-state index contributed by atoms with van der Waals surface area (Å²) in [6.07, 6.45) is 0. The number of ether oxygens (including phenoxy) is 1. The van der Waals surface area contributed by atoms with Crippen LogP contribution < -0.4 is 5.32 Å². The van der Waals surface area contributed by atoms with Crippen LogP contribution in [-0.2, 0) is 14.8 Å². The second kappa shape index (κ2) is 8.64. The van der Waals surface area contributed by atoms with Crippen molar-refractivity contribution in [2.75, 3.05) is 26.0 Å². The van der Waals surface area contributed by atoms with Crippen molar-refractivity contribution in [3.63, 3.8) is 0 Å². The Kier molecular flexibility index (Phi) is 6.74. The summed E-state index contributed by atoms with van der Waals surface area (Å²) in [6, 6.07) is 10.6. The largest absolute Gasteiger partial charge is 0.462 e. The highest BCUT2D eigenvalue weighted by molar-refractivity contribution is 9.10. The van der Waals surface area contributed by atoms with Crippen molar-refractivity contribution in [2.24, 2.45) is 0 Å². The van der Waals surface area contributed by atoms with E-state index in [0.29, 0.717) is 15.7 Å². The van der Waals surface area contributed by atoms with E-state index >= 15 is 0 Å². The summed E-state index contributed by atoms with van der Waals surface area (Å²) in [4.78, 5) is 24.3. The molecular weight excluding hydrogens is 436 g/mol. The number of rotatable bonds is 6. The summed E-state index contributed by atoms with van der Waals surface area (Å²) < 4.78 is 31.1. The molecule has 0 aliphatic heterocycles. The van der Waals surface area contributed by atoms with Gasteiger partial charge in [-0.15, -0.1) is 0 Å². The van der Waals surface area contributed by atoms with Crippen molar-refractivity contribution < 1.29 is 22.7 Å². The van der Waals surface area contributed by atoms with Crippen molar-refractivity contribution in [3.05, 3.63) is 58.1 Å². The third-order valence-corrected chi connectivity index (χ3v) is 6.39. The lowest BCUT2D eigenvalue weighted by atomic mass is 10.1. The van der Waals surface area contributed by atoms with E-state index in [4.69, 9.17) is 4.74 Å². The topological polar surface area (TPSA) is 92.8 Å². The fourth-order valence-electron chi connectivity index (χ4n) is 2.18. The highest BCUT2D eigenvalue weighted by Crippen LogP contribution is 2.25. The van der Waals surface area contributed by atoms with Gasteiger partial charge in [-0.2, -0.15) is 0 Å². The van der Waals surface area contributed by atoms with E-state index in [1.807, 2.05) is 0 Å². The van der Waals surface area contributed by atoms with Gasteiger partial charge in [-0.25, -0.2) is 17.5 Å². The lowest BCUT2D eigenvalue weighted by Crippen LogP contribution is -2.23. The van der Waals surface area contributed by atoms with Crippen LogP contribution in [0.3, 0.4) is 0 Å². The molecule has 1 N–H and O–H groups in total. The Labute approximate surface area is 166 Å². The number of hydrogen-bond donors (Lipinski definition) is 1. The van der Waals surface area contributed by atoms with Crippen molar-refractivity contribution in [3.8, 4) is 0 Å². The zero-order chi connectivity index (χ0) is 20.2. The molecule has 2 rings (SSSR count). The number of esters is 1. The number of carbonyl (C=O) groups is 2. The molecule has 2 aromatic carbocycles. The highest BCUT2D eigenvalue weighted by Gasteiger charge is 2.22. The summed E-state index contributed by atoms with van der Waals surface area (Å²) in [5, 5.41) is 2.65. The van der Waals surface area contributed by atoms with Gasteiger partial charge in [0.25, 0.3) is 5.91 Å². The number of benzene rings is 2. The molecule has 0 saturated carbocycles. The predicted octanol–water partition coefficient (Wildman–Crippen LogP) is 3.13. The number of hydrogen-bond acceptors (Lipinski definition) is 5. The number of halogens is 1. The molecule has 0 saturated heterocycles. The summed E-state index contributed by atoms with van der Waals surface area (Å²) >= 11 is 3.20. The zero-order valence-electron chi connectivity index (χ0n) is 15.0. The van der Waals surface area contributed by atoms with Crippen molar-refractivity contribution in [1.29, 1.82) is 0 Å². The first-order valence-electron chi connectivity index (χ1n) is 7.97. The first kappa shape index (κ1) is 21.1. The molecule has 0 unspecified atom stereocenters. The zero-order valence-corrected chi connectivity index (χ0v) is 17.4. The van der Waals surface area contributed by atoms with Crippen LogP contribution in [0.1, 0.15) is 27.6 Å². The molecule has 7 nitrogen and oxygen atoms in total. The summed E-state index contributed by atoms with van der Waals surface area (Å²) in [5.41, 5.74) is 0.868. The molecule has 0 atom stereocenters. The van der Waals surface area contributed by atoms with Gasteiger partial charge in [-0.3, -0.25) is 4.79 Å². The maximum Gasteiger partial charge on any atom is 0.338 e. The highest BCUT2D eigenvalue weighted by atomic mass is 79.9. The quantitative estimate of drug-likeness (QED) is 0.676. The normalized spacial score (nSPS) is 11.3. The van der Waals surface area contributed by atoms with Crippen molar-refractivity contribution in [2.45, 2.75) is 11.8 Å². The summed E-state index contributed by atoms with van der Waals surface area (Å²) in [5.74, 6) is -0.990. The van der Waals surface area contributed by atoms with Gasteiger partial charge in [0.2, 0.25) is 10.0 Å². The van der Waals surface area contributed by atoms with Gasteiger partial charge in [0.1, 0.15) is 0 Å². The van der Waals surface area contributed by atoms with E-state index in [2.05, 4.69) is 21.2 Å². The Morgan fingerprint density at radius 1 is 1.11 bits per heavy atom. The molecular formula is C18H19BrN2O5S. The fourth-order valence-corrected chi connectivity index (χ4v) is 4.02. The number of amides is 1. The van der Waals surface area contributed by atoms with E-state index in [0.717, 1.165) is 4.31 Å². The van der Waals surface area contributed by atoms with E-state index in [-0.39, 0.29) is 17.1 Å². The molecule has 0 heterocycles. The molecule has 1 amide bonds. The second-order valence-corrected chi connectivity index (χ2v) is 8.66. The van der Waals surface area contributed by atoms with Gasteiger partial charge in [0.15, 0.2) is 0 Å². The van der Waals surface area contributed by atoms with Gasteiger partial charge in [0, 0.05) is 29.8 Å². The minimum Gasteiger partial charge on any atom is -0.462 e. The Hall–Kier alpha value is -2.23. The maximum absolute atomic E-state index is 12.5. The Morgan fingerprint density at radius 2 is 1.81 bits per heavy atom. The molecule has 9 heteroatoms. The molecule has 0 fully saturated rings. The Morgan fingerprint density at radius 3 is 2.44 bits per heavy atom. The minimum absolute atomic E-state index is 0.0135. The Bertz CT molecular complexity index is 973. The van der Waals surface area contributed by atoms with Crippen LogP contribution >= 0.6 is 15.9 Å². The maximum atomic E-state index is 12.5. The first-order chi connectivity index (χ1) is 12.7. The number of sulfonamides is 1. The summed E-state index contributed by atoms with van der Waals surface area (Å²) in [6.45, 7) is 1.95. The SMILES string of the molecule is CCOC(=O)c1cccc(NC(=O)c2ccc(Br)c(S(=O)(=O)N(C)C)c2)c1. The van der Waals surface area contributed by atoms with Crippen LogP contribution in [-0.4, -0.2) is 45.3 Å². The van der Waals surface area contributed by atoms with E-state index < -0.39 is 21.9 Å². The molecule has 0 spiro atoms. The Balaban J connectivity index is 2.30. The minimum atomic E-state index is -3.72. The van der Waals surface area contributed by atoms with E-state index in [1.165, 1.54) is 38.4 Å². The first-order valence-corrected chi connectivity index (χ1v) is 10.2. The van der Waals surface area contributed by atoms with Crippen molar-refractivity contribution >= 4 is 43.5 Å². The monoisotopic (exact) mass is 454 g/mol. The fraction of sp³-hybridized carbons (Fsp3) is 0.222. The van der Waals surface area contributed by atoms with Gasteiger partial charge in [0.05, 0.1) is 17.1 Å². The molecule has 0 bridgehead atoms. The van der Waals surface area contributed by atoms with Crippen LogP contribution in [0, 0.1) is 0 Å². The number of nitrogens with zero attached hydrogens (tertiary/aromatic N) is 1. The number of carbonyl (C=O) groups excluding carboxylic acids is 2. The van der Waals surface area contributed by atoms with Gasteiger partial charge >= 0.3 is 5.97 Å². The lowest BCUT2D eigenvalue weighted by molar-refractivity contribution is 0.0526. The summed E-state index contributed by atoms with van der Waals surface area (Å²) in [7, 11) is -0.891. The molecule has 0 aliphatic carbocycles. The molecule has 0 aromatic heterocycles. The molecule has 2 aromatic rings. The van der Waals surface area contributed by atoms with E-state index in [9.17, 15) is 18.0 Å². The van der Waals surface area contributed by atoms with Crippen LogP contribution in [0.5, 0.6) is 0 Å². The second-order valence-electron chi connectivity index (χ2n) is 5.69. The average molecular weight is 455 g/mol. The van der Waals surface area contributed by atoms with Gasteiger partial charge < -0.3 is 10.1 Å². The lowest BCUT2D eigenvalue weighted by Gasteiger charge is -2.14. The molecule has 0 radical (unpaired) electrons. The van der Waals surface area contributed by atoms with E-state index in [1.54, 1.807) is 25.1 Å². The number of anilines is 1.